The first-order valence-corrected chi connectivity index (χ1v) is 10.3. The summed E-state index contributed by atoms with van der Waals surface area (Å²) in [4.78, 5) is 37.8. The highest BCUT2D eigenvalue weighted by Crippen LogP contribution is 2.30. The van der Waals surface area contributed by atoms with E-state index in [-0.39, 0.29) is 18.9 Å². The third-order valence-corrected chi connectivity index (χ3v) is 5.53. The first-order valence-electron chi connectivity index (χ1n) is 10.3. The minimum atomic E-state index is -1.18. The Bertz CT molecular complexity index is 968. The van der Waals surface area contributed by atoms with Crippen LogP contribution in [0.5, 0.6) is 5.75 Å². The number of ketones is 1. The number of aliphatic hydroxyl groups excluding tert-OH is 1. The molecule has 7 nitrogen and oxygen atoms in total. The van der Waals surface area contributed by atoms with Gasteiger partial charge in [-0.05, 0) is 55.2 Å². The van der Waals surface area contributed by atoms with E-state index in [0.29, 0.717) is 22.8 Å². The third kappa shape index (κ3) is 4.77. The highest BCUT2D eigenvalue weighted by molar-refractivity contribution is 6.07. The number of imide groups is 1. The van der Waals surface area contributed by atoms with Crippen LogP contribution in [0.3, 0.4) is 0 Å². The lowest BCUT2D eigenvalue weighted by molar-refractivity contribution is -0.132. The maximum absolute atomic E-state index is 13.0. The van der Waals surface area contributed by atoms with E-state index < -0.39 is 23.6 Å². The van der Waals surface area contributed by atoms with Gasteiger partial charge in [-0.2, -0.15) is 0 Å². The first kappa shape index (κ1) is 22.5. The number of nitrogens with zero attached hydrogens (tertiary/aromatic N) is 1. The third-order valence-electron chi connectivity index (χ3n) is 5.53. The molecule has 7 heteroatoms. The van der Waals surface area contributed by atoms with Crippen LogP contribution >= 0.6 is 0 Å². The van der Waals surface area contributed by atoms with Crippen LogP contribution in [0.2, 0.25) is 0 Å². The summed E-state index contributed by atoms with van der Waals surface area (Å²) in [7, 11) is 0. The van der Waals surface area contributed by atoms with Gasteiger partial charge in [0, 0.05) is 5.56 Å². The summed E-state index contributed by atoms with van der Waals surface area (Å²) in [6, 6.07) is 13.6. The summed E-state index contributed by atoms with van der Waals surface area (Å²) < 4.78 is 5.52. The number of β-amino-alcohol motifs (C(OH)–C–C–N with tert-alkyl or cyclic N) is 1. The molecule has 2 aromatic rings. The standard InChI is InChI=1S/C24H28N2O5/c1-15(2)17-5-9-19(10-6-17)24(4)22(29)26(23(30)25-24)13-20(28)14-31-21-11-7-18(8-12-21)16(3)27/h5-12,15,20,28H,13-14H2,1-4H3,(H,25,30)/t20-,24+/m0/s1. The molecule has 0 saturated carbocycles. The van der Waals surface area contributed by atoms with Crippen LogP contribution in [-0.2, 0) is 10.3 Å². The zero-order valence-corrected chi connectivity index (χ0v) is 18.2. The molecule has 0 aromatic heterocycles. The van der Waals surface area contributed by atoms with E-state index in [1.54, 1.807) is 31.2 Å². The van der Waals surface area contributed by atoms with Crippen LogP contribution in [0, 0.1) is 0 Å². The second kappa shape index (κ2) is 8.89. The summed E-state index contributed by atoms with van der Waals surface area (Å²) in [5.74, 6) is 0.379. The number of hydrogen-bond acceptors (Lipinski definition) is 5. The molecule has 1 fully saturated rings. The molecule has 164 valence electrons. The van der Waals surface area contributed by atoms with Crippen molar-refractivity contribution in [1.29, 1.82) is 0 Å². The number of urea groups is 1. The van der Waals surface area contributed by atoms with Crippen LogP contribution in [0.4, 0.5) is 4.79 Å². The van der Waals surface area contributed by atoms with Crippen molar-refractivity contribution in [3.8, 4) is 5.75 Å². The highest BCUT2D eigenvalue weighted by atomic mass is 16.5. The van der Waals surface area contributed by atoms with Gasteiger partial charge in [0.25, 0.3) is 5.91 Å². The maximum Gasteiger partial charge on any atom is 0.325 e. The molecule has 3 amide bonds. The number of ether oxygens (including phenoxy) is 1. The molecule has 2 aromatic carbocycles. The van der Waals surface area contributed by atoms with Gasteiger partial charge in [0.05, 0.1) is 6.54 Å². The Morgan fingerprint density at radius 1 is 1.10 bits per heavy atom. The zero-order chi connectivity index (χ0) is 22.8. The molecule has 0 radical (unpaired) electrons. The fourth-order valence-electron chi connectivity index (χ4n) is 3.50. The summed E-state index contributed by atoms with van der Waals surface area (Å²) in [6.07, 6.45) is -1.06. The maximum atomic E-state index is 13.0. The molecule has 2 atom stereocenters. The van der Waals surface area contributed by atoms with Crippen molar-refractivity contribution in [3.05, 3.63) is 65.2 Å². The van der Waals surface area contributed by atoms with Gasteiger partial charge >= 0.3 is 6.03 Å². The van der Waals surface area contributed by atoms with Gasteiger partial charge < -0.3 is 15.2 Å². The minimum absolute atomic E-state index is 0.0490. The van der Waals surface area contributed by atoms with Crippen LogP contribution in [-0.4, -0.2) is 47.0 Å². The summed E-state index contributed by atoms with van der Waals surface area (Å²) in [5, 5.41) is 13.1. The average Bonchev–Trinajstić information content (AvgIpc) is 2.96. The molecule has 0 unspecified atom stereocenters. The Labute approximate surface area is 182 Å². The monoisotopic (exact) mass is 424 g/mol. The number of hydrogen-bond donors (Lipinski definition) is 2. The van der Waals surface area contributed by atoms with Gasteiger partial charge in [0.15, 0.2) is 5.78 Å². The van der Waals surface area contributed by atoms with Gasteiger partial charge in [0.2, 0.25) is 0 Å². The van der Waals surface area contributed by atoms with E-state index in [2.05, 4.69) is 19.2 Å². The van der Waals surface area contributed by atoms with Gasteiger partial charge in [-0.1, -0.05) is 38.1 Å². The average molecular weight is 424 g/mol. The number of nitrogens with one attached hydrogen (secondary N) is 1. The Kier molecular flexibility index (Phi) is 6.45. The van der Waals surface area contributed by atoms with Crippen molar-refractivity contribution in [1.82, 2.24) is 10.2 Å². The Balaban J connectivity index is 1.63. The lowest BCUT2D eigenvalue weighted by atomic mass is 9.90. The predicted octanol–water partition coefficient (Wildman–Crippen LogP) is 3.22. The largest absolute Gasteiger partial charge is 0.491 e. The van der Waals surface area contributed by atoms with Gasteiger partial charge in [-0.25, -0.2) is 4.79 Å². The normalized spacial score (nSPS) is 19.5. The minimum Gasteiger partial charge on any atom is -0.491 e. The summed E-state index contributed by atoms with van der Waals surface area (Å²) in [6.45, 7) is 7.03. The molecule has 0 aliphatic carbocycles. The van der Waals surface area contributed by atoms with E-state index in [4.69, 9.17) is 4.74 Å². The number of carbonyl (C=O) groups excluding carboxylic acids is 3. The lowest BCUT2D eigenvalue weighted by Gasteiger charge is -2.23. The van der Waals surface area contributed by atoms with Crippen LogP contribution in [0.1, 0.15) is 55.1 Å². The topological polar surface area (TPSA) is 95.9 Å². The number of amides is 3. The van der Waals surface area contributed by atoms with Gasteiger partial charge in [-0.3, -0.25) is 14.5 Å². The molecule has 0 bridgehead atoms. The quantitative estimate of drug-likeness (QED) is 0.501. The van der Waals surface area contributed by atoms with E-state index >= 15 is 0 Å². The smallest absolute Gasteiger partial charge is 0.325 e. The van der Waals surface area contributed by atoms with E-state index in [0.717, 1.165) is 10.5 Å². The second-order valence-electron chi connectivity index (χ2n) is 8.29. The van der Waals surface area contributed by atoms with Crippen LogP contribution in [0.25, 0.3) is 0 Å². The fraction of sp³-hybridized carbons (Fsp3) is 0.375. The molecule has 31 heavy (non-hydrogen) atoms. The zero-order valence-electron chi connectivity index (χ0n) is 18.2. The van der Waals surface area contributed by atoms with Crippen molar-refractivity contribution in [2.24, 2.45) is 0 Å². The summed E-state index contributed by atoms with van der Waals surface area (Å²) in [5.41, 5.74) is 1.21. The molecule has 1 aliphatic heterocycles. The van der Waals surface area contributed by atoms with E-state index in [9.17, 15) is 19.5 Å². The molecule has 0 spiro atoms. The first-order chi connectivity index (χ1) is 14.6. The Morgan fingerprint density at radius 3 is 2.26 bits per heavy atom. The second-order valence-corrected chi connectivity index (χ2v) is 8.29. The predicted molar refractivity (Wildman–Crippen MR) is 116 cm³/mol. The fourth-order valence-corrected chi connectivity index (χ4v) is 3.50. The number of benzene rings is 2. The van der Waals surface area contributed by atoms with Crippen molar-refractivity contribution < 1.29 is 24.2 Å². The SMILES string of the molecule is CC(=O)c1ccc(OC[C@@H](O)CN2C(=O)N[C@](C)(c3ccc(C(C)C)cc3)C2=O)cc1. The molecule has 1 saturated heterocycles. The van der Waals surface area contributed by atoms with E-state index in [1.165, 1.54) is 6.92 Å². The number of rotatable bonds is 8. The van der Waals surface area contributed by atoms with Crippen molar-refractivity contribution >= 4 is 17.7 Å². The van der Waals surface area contributed by atoms with Crippen LogP contribution in [0.15, 0.2) is 48.5 Å². The number of aliphatic hydroxyl groups is 1. The molecule has 1 aliphatic rings. The van der Waals surface area contributed by atoms with Crippen molar-refractivity contribution in [2.45, 2.75) is 45.3 Å². The molecular formula is C24H28N2O5. The lowest BCUT2D eigenvalue weighted by Crippen LogP contribution is -2.42. The van der Waals surface area contributed by atoms with Crippen molar-refractivity contribution in [3.63, 3.8) is 0 Å². The number of carbonyl (C=O) groups is 3. The molecule has 1 heterocycles. The van der Waals surface area contributed by atoms with E-state index in [1.807, 2.05) is 24.3 Å². The molecule has 3 rings (SSSR count). The van der Waals surface area contributed by atoms with Crippen molar-refractivity contribution in [2.75, 3.05) is 13.2 Å². The van der Waals surface area contributed by atoms with Crippen LogP contribution < -0.4 is 10.1 Å². The van der Waals surface area contributed by atoms with Gasteiger partial charge in [-0.15, -0.1) is 0 Å². The highest BCUT2D eigenvalue weighted by Gasteiger charge is 2.49. The molecular weight excluding hydrogens is 396 g/mol. The Morgan fingerprint density at radius 2 is 1.71 bits per heavy atom. The molecule has 2 N–H and O–H groups in total. The summed E-state index contributed by atoms with van der Waals surface area (Å²) >= 11 is 0. The Hall–Kier alpha value is -3.19. The number of Topliss-reactive ketones (excluding diaryl/α,β-unsaturated/α-hetero) is 1. The van der Waals surface area contributed by atoms with Gasteiger partial charge in [0.1, 0.15) is 24.0 Å².